The van der Waals surface area contributed by atoms with Crippen LogP contribution in [0.5, 0.6) is 0 Å². The van der Waals surface area contributed by atoms with Gasteiger partial charge in [0.15, 0.2) is 0 Å². The van der Waals surface area contributed by atoms with E-state index in [-0.39, 0.29) is 28.6 Å². The zero-order chi connectivity index (χ0) is 47.2. The number of hydrogen-bond acceptors (Lipinski definition) is 4. The number of para-hydroxylation sites is 3. The standard InChI is InChI=1S/C64H60BN3O/c1-61(2,3)42-30-31-54(48(34-42)41-22-12-9-13-23-41)68-55-39-50-47-28-18-19-29-57(47)69-58(50)40-49(55)51-37-46(66(44-24-14-10-15-25-44)45-26-16-11-17-27-45)38-56-59(51)65(68)53-36-43(62(4,5)6)35-52-60(53)67(56)64(8)33-21-20-32-63(52,64)7/h9-19,22-31,34-40H,20-21,32-33H2,1-8H3. The summed E-state index contributed by atoms with van der Waals surface area (Å²) in [6.45, 7) is 19.3. The molecule has 1 saturated carbocycles. The number of fused-ring (bicyclic) bond motifs is 10. The quantitative estimate of drug-likeness (QED) is 0.161. The Hall–Kier alpha value is -6.98. The Balaban J connectivity index is 1.22. The van der Waals surface area contributed by atoms with Gasteiger partial charge in [-0.1, -0.05) is 164 Å². The molecule has 0 spiro atoms. The topological polar surface area (TPSA) is 22.9 Å². The maximum atomic E-state index is 6.86. The van der Waals surface area contributed by atoms with Gasteiger partial charge in [-0.25, -0.2) is 0 Å². The Labute approximate surface area is 408 Å². The largest absolute Gasteiger partial charge is 0.456 e. The maximum absolute atomic E-state index is 6.86. The van der Waals surface area contributed by atoms with Crippen LogP contribution >= 0.6 is 0 Å². The predicted octanol–water partition coefficient (Wildman–Crippen LogP) is 16.3. The van der Waals surface area contributed by atoms with Crippen LogP contribution in [0.25, 0.3) is 44.2 Å². The Bertz CT molecular complexity index is 3490. The second kappa shape index (κ2) is 14.8. The molecule has 1 aromatic heterocycles. The van der Waals surface area contributed by atoms with E-state index in [2.05, 4.69) is 240 Å². The third-order valence-corrected chi connectivity index (χ3v) is 16.8. The van der Waals surface area contributed by atoms with E-state index in [1.807, 2.05) is 0 Å². The van der Waals surface area contributed by atoms with E-state index in [0.29, 0.717) is 0 Å². The van der Waals surface area contributed by atoms with E-state index in [9.17, 15) is 0 Å². The van der Waals surface area contributed by atoms with Crippen molar-refractivity contribution in [1.82, 2.24) is 0 Å². The van der Waals surface area contributed by atoms with Gasteiger partial charge in [0.05, 0.1) is 5.54 Å². The highest BCUT2D eigenvalue weighted by atomic mass is 16.3. The van der Waals surface area contributed by atoms with Crippen LogP contribution in [0.1, 0.15) is 97.8 Å². The Morgan fingerprint density at radius 2 is 1.17 bits per heavy atom. The maximum Gasteiger partial charge on any atom is 0.333 e. The average molecular weight is 898 g/mol. The van der Waals surface area contributed by atoms with Gasteiger partial charge in [-0.05, 0) is 136 Å². The van der Waals surface area contributed by atoms with E-state index < -0.39 is 0 Å². The molecule has 8 aromatic carbocycles. The van der Waals surface area contributed by atoms with Gasteiger partial charge < -0.3 is 19.0 Å². The first-order valence-electron chi connectivity index (χ1n) is 25.3. The highest BCUT2D eigenvalue weighted by Crippen LogP contribution is 2.63. The van der Waals surface area contributed by atoms with E-state index in [4.69, 9.17) is 4.42 Å². The molecule has 0 bridgehead atoms. The Morgan fingerprint density at radius 3 is 1.87 bits per heavy atom. The fourth-order valence-electron chi connectivity index (χ4n) is 13.0. The summed E-state index contributed by atoms with van der Waals surface area (Å²) in [4.78, 5) is 8.10. The summed E-state index contributed by atoms with van der Waals surface area (Å²) in [5.74, 6) is 0. The summed E-state index contributed by atoms with van der Waals surface area (Å²) >= 11 is 0. The number of hydrogen-bond donors (Lipinski definition) is 0. The van der Waals surface area contributed by atoms with Crippen molar-refractivity contribution in [2.45, 2.75) is 103 Å². The van der Waals surface area contributed by atoms with Gasteiger partial charge in [-0.15, -0.1) is 0 Å². The third-order valence-electron chi connectivity index (χ3n) is 16.8. The summed E-state index contributed by atoms with van der Waals surface area (Å²) in [6.07, 6.45) is 4.73. The molecule has 2 unspecified atom stereocenters. The van der Waals surface area contributed by atoms with Crippen molar-refractivity contribution >= 4 is 79.5 Å². The average Bonchev–Trinajstić information content (AvgIpc) is 3.82. The Morgan fingerprint density at radius 1 is 0.522 bits per heavy atom. The molecule has 4 heterocycles. The van der Waals surface area contributed by atoms with Crippen molar-refractivity contribution in [2.24, 2.45) is 0 Å². The van der Waals surface area contributed by atoms with E-state index in [1.165, 1.54) is 85.5 Å². The smallest absolute Gasteiger partial charge is 0.333 e. The van der Waals surface area contributed by atoms with Gasteiger partial charge in [0, 0.05) is 67.1 Å². The normalized spacial score (nSPS) is 19.1. The first kappa shape index (κ1) is 42.2. The fraction of sp³-hybridized carbons (Fsp3) is 0.250. The first-order valence-corrected chi connectivity index (χ1v) is 25.3. The van der Waals surface area contributed by atoms with Gasteiger partial charge in [-0.2, -0.15) is 0 Å². The minimum Gasteiger partial charge on any atom is -0.456 e. The lowest BCUT2D eigenvalue weighted by molar-refractivity contribution is 0.195. The van der Waals surface area contributed by atoms with Gasteiger partial charge in [0.1, 0.15) is 11.2 Å². The van der Waals surface area contributed by atoms with E-state index in [1.54, 1.807) is 0 Å². The van der Waals surface area contributed by atoms with E-state index in [0.717, 1.165) is 51.8 Å². The summed E-state index contributed by atoms with van der Waals surface area (Å²) in [5.41, 5.74) is 21.9. The van der Waals surface area contributed by atoms with Crippen LogP contribution < -0.4 is 25.5 Å². The zero-order valence-corrected chi connectivity index (χ0v) is 41.3. The lowest BCUT2D eigenvalue weighted by atomic mass is 9.43. The summed E-state index contributed by atoms with van der Waals surface area (Å²) < 4.78 is 6.86. The molecular weight excluding hydrogens is 838 g/mol. The number of furan rings is 1. The van der Waals surface area contributed by atoms with Crippen molar-refractivity contribution in [3.63, 3.8) is 0 Å². The lowest BCUT2D eigenvalue weighted by Gasteiger charge is -2.53. The SMILES string of the molecule is CC(C)(C)c1ccc(N2B3c4cc(C(C)(C)C)cc5c4N(c4cc(N(c6ccccc6)c6ccccc6)cc(c43)-c3cc4oc6ccccc6c4cc32)C2(C)CCCCC52C)c(-c2ccccc2)c1. The summed E-state index contributed by atoms with van der Waals surface area (Å²) in [7, 11) is 0. The Kier molecular flexibility index (Phi) is 9.02. The molecule has 5 heteroatoms. The third kappa shape index (κ3) is 6.08. The summed E-state index contributed by atoms with van der Waals surface area (Å²) in [6, 6.07) is 64.0. The van der Waals surface area contributed by atoms with Crippen molar-refractivity contribution in [2.75, 3.05) is 14.6 Å². The van der Waals surface area contributed by atoms with Crippen molar-refractivity contribution in [3.8, 4) is 22.3 Å². The molecule has 4 aliphatic rings. The molecule has 340 valence electrons. The molecule has 69 heavy (non-hydrogen) atoms. The van der Waals surface area contributed by atoms with Crippen LogP contribution in [0.4, 0.5) is 39.8 Å². The molecule has 2 atom stereocenters. The molecule has 0 radical (unpaired) electrons. The summed E-state index contributed by atoms with van der Waals surface area (Å²) in [5, 5.41) is 2.27. The van der Waals surface area contributed by atoms with Crippen LogP contribution in [0, 0.1) is 0 Å². The van der Waals surface area contributed by atoms with Crippen molar-refractivity contribution in [1.29, 1.82) is 0 Å². The van der Waals surface area contributed by atoms with Crippen LogP contribution in [0.15, 0.2) is 174 Å². The van der Waals surface area contributed by atoms with Crippen LogP contribution in [-0.4, -0.2) is 12.4 Å². The molecule has 0 N–H and O–H groups in total. The molecule has 13 rings (SSSR count). The van der Waals surface area contributed by atoms with Gasteiger partial charge >= 0.3 is 6.85 Å². The minimum atomic E-state index is -0.155. The zero-order valence-electron chi connectivity index (χ0n) is 41.3. The van der Waals surface area contributed by atoms with Crippen LogP contribution in [0.2, 0.25) is 0 Å². The monoisotopic (exact) mass is 897 g/mol. The molecule has 4 nitrogen and oxygen atoms in total. The number of benzene rings is 8. The second-order valence-corrected chi connectivity index (χ2v) is 22.9. The first-order chi connectivity index (χ1) is 33.2. The molecule has 0 saturated heterocycles. The fourth-order valence-corrected chi connectivity index (χ4v) is 13.0. The molecule has 1 aliphatic carbocycles. The molecule has 9 aromatic rings. The highest BCUT2D eigenvalue weighted by molar-refractivity contribution is 6.93. The predicted molar refractivity (Wildman–Crippen MR) is 293 cm³/mol. The molecule has 0 amide bonds. The van der Waals surface area contributed by atoms with Gasteiger partial charge in [-0.3, -0.25) is 0 Å². The molecule has 3 aliphatic heterocycles. The van der Waals surface area contributed by atoms with Gasteiger partial charge in [0.25, 0.3) is 0 Å². The van der Waals surface area contributed by atoms with Crippen molar-refractivity contribution in [3.05, 3.63) is 187 Å². The lowest BCUT2D eigenvalue weighted by Crippen LogP contribution is -2.64. The minimum absolute atomic E-state index is 0.0440. The number of rotatable bonds is 5. The van der Waals surface area contributed by atoms with Crippen LogP contribution in [-0.2, 0) is 16.2 Å². The second-order valence-electron chi connectivity index (χ2n) is 22.9. The number of nitrogens with zero attached hydrogens (tertiary/aromatic N) is 3. The van der Waals surface area contributed by atoms with E-state index >= 15 is 0 Å². The number of anilines is 7. The van der Waals surface area contributed by atoms with Crippen molar-refractivity contribution < 1.29 is 4.42 Å². The molecule has 1 fully saturated rings. The highest BCUT2D eigenvalue weighted by Gasteiger charge is 2.62. The van der Waals surface area contributed by atoms with Gasteiger partial charge in [0.2, 0.25) is 0 Å². The molecular formula is C64H60BN3O. The van der Waals surface area contributed by atoms with Crippen LogP contribution in [0.3, 0.4) is 0 Å².